The van der Waals surface area contributed by atoms with Crippen molar-refractivity contribution in [3.05, 3.63) is 0 Å². The molecule has 3 nitrogen and oxygen atoms in total. The standard InChI is InChI=1S/C13H27NO2S/c1-3-12-6-5-7-13(9-8-12)14-10-11-17(15,16)4-2/h12-14H,3-11H2,1-2H3. The predicted octanol–water partition coefficient (Wildman–Crippen LogP) is 2.37. The molecule has 4 heteroatoms. The topological polar surface area (TPSA) is 46.2 Å². The van der Waals surface area contributed by atoms with Crippen molar-refractivity contribution in [3.63, 3.8) is 0 Å². The maximum atomic E-state index is 11.4. The van der Waals surface area contributed by atoms with E-state index >= 15 is 0 Å². The third-order valence-corrected chi connectivity index (χ3v) is 5.66. The Morgan fingerprint density at radius 2 is 1.88 bits per heavy atom. The molecule has 0 aromatic heterocycles. The molecule has 0 aromatic carbocycles. The van der Waals surface area contributed by atoms with Gasteiger partial charge in [0.1, 0.15) is 0 Å². The van der Waals surface area contributed by atoms with E-state index in [0.29, 0.717) is 12.6 Å². The molecular formula is C13H27NO2S. The van der Waals surface area contributed by atoms with Gasteiger partial charge in [-0.25, -0.2) is 8.42 Å². The minimum Gasteiger partial charge on any atom is -0.313 e. The first-order valence-corrected chi connectivity index (χ1v) is 8.83. The lowest BCUT2D eigenvalue weighted by atomic mass is 9.98. The van der Waals surface area contributed by atoms with Crippen molar-refractivity contribution in [3.8, 4) is 0 Å². The molecule has 1 rings (SSSR count). The molecule has 0 saturated heterocycles. The summed E-state index contributed by atoms with van der Waals surface area (Å²) in [5.74, 6) is 1.44. The van der Waals surface area contributed by atoms with Crippen molar-refractivity contribution in [2.75, 3.05) is 18.1 Å². The number of hydrogen-bond donors (Lipinski definition) is 1. The van der Waals surface area contributed by atoms with Crippen LogP contribution in [0.3, 0.4) is 0 Å². The molecule has 17 heavy (non-hydrogen) atoms. The summed E-state index contributed by atoms with van der Waals surface area (Å²) in [6, 6.07) is 0.540. The molecule has 0 aliphatic heterocycles. The minimum absolute atomic E-state index is 0.261. The summed E-state index contributed by atoms with van der Waals surface area (Å²) >= 11 is 0. The zero-order valence-corrected chi connectivity index (χ0v) is 12.1. The molecule has 2 unspecified atom stereocenters. The Morgan fingerprint density at radius 3 is 2.53 bits per heavy atom. The summed E-state index contributed by atoms with van der Waals surface area (Å²) in [5.41, 5.74) is 0. The van der Waals surface area contributed by atoms with Gasteiger partial charge in [0.2, 0.25) is 0 Å². The summed E-state index contributed by atoms with van der Waals surface area (Å²) in [6.45, 7) is 4.61. The Kier molecular flexibility index (Phi) is 6.49. The predicted molar refractivity (Wildman–Crippen MR) is 73.0 cm³/mol. The molecule has 0 heterocycles. The van der Waals surface area contributed by atoms with Crippen LogP contribution in [0, 0.1) is 5.92 Å². The average molecular weight is 261 g/mol. The van der Waals surface area contributed by atoms with Crippen LogP contribution in [0.2, 0.25) is 0 Å². The molecule has 0 amide bonds. The number of nitrogens with one attached hydrogen (secondary N) is 1. The van der Waals surface area contributed by atoms with Gasteiger partial charge in [-0.1, -0.05) is 33.1 Å². The van der Waals surface area contributed by atoms with Crippen LogP contribution in [-0.4, -0.2) is 32.5 Å². The third-order valence-electron chi connectivity index (χ3n) is 3.95. The number of rotatable bonds is 6. The van der Waals surface area contributed by atoms with E-state index in [0.717, 1.165) is 5.92 Å². The highest BCUT2D eigenvalue weighted by molar-refractivity contribution is 7.91. The fourth-order valence-electron chi connectivity index (χ4n) is 2.55. The summed E-state index contributed by atoms with van der Waals surface area (Å²) in [6.07, 6.45) is 7.65. The van der Waals surface area contributed by atoms with Gasteiger partial charge in [-0.2, -0.15) is 0 Å². The highest BCUT2D eigenvalue weighted by Gasteiger charge is 2.17. The van der Waals surface area contributed by atoms with E-state index in [1.165, 1.54) is 38.5 Å². The first-order chi connectivity index (χ1) is 8.07. The molecule has 1 aliphatic carbocycles. The van der Waals surface area contributed by atoms with Crippen LogP contribution in [0.5, 0.6) is 0 Å². The van der Waals surface area contributed by atoms with Crippen molar-refractivity contribution in [2.45, 2.75) is 58.4 Å². The smallest absolute Gasteiger partial charge is 0.151 e. The van der Waals surface area contributed by atoms with E-state index in [2.05, 4.69) is 12.2 Å². The first kappa shape index (κ1) is 15.0. The Bertz CT molecular complexity index is 301. The maximum Gasteiger partial charge on any atom is 0.151 e. The van der Waals surface area contributed by atoms with Crippen LogP contribution in [0.4, 0.5) is 0 Å². The maximum absolute atomic E-state index is 11.4. The largest absolute Gasteiger partial charge is 0.313 e. The minimum atomic E-state index is -2.81. The Labute approximate surface area is 106 Å². The van der Waals surface area contributed by atoms with Crippen LogP contribution in [-0.2, 0) is 9.84 Å². The van der Waals surface area contributed by atoms with Gasteiger partial charge in [0, 0.05) is 18.3 Å². The molecule has 0 bridgehead atoms. The fraction of sp³-hybridized carbons (Fsp3) is 1.00. The Morgan fingerprint density at radius 1 is 1.12 bits per heavy atom. The molecule has 2 atom stereocenters. The van der Waals surface area contributed by atoms with Gasteiger partial charge in [-0.15, -0.1) is 0 Å². The Balaban J connectivity index is 2.24. The van der Waals surface area contributed by atoms with E-state index in [-0.39, 0.29) is 11.5 Å². The zero-order chi connectivity index (χ0) is 12.7. The van der Waals surface area contributed by atoms with Gasteiger partial charge >= 0.3 is 0 Å². The fourth-order valence-corrected chi connectivity index (χ4v) is 3.27. The first-order valence-electron chi connectivity index (χ1n) is 7.01. The highest BCUT2D eigenvalue weighted by atomic mass is 32.2. The number of hydrogen-bond acceptors (Lipinski definition) is 3. The van der Waals surface area contributed by atoms with Crippen molar-refractivity contribution in [2.24, 2.45) is 5.92 Å². The van der Waals surface area contributed by atoms with Crippen molar-refractivity contribution in [1.29, 1.82) is 0 Å². The van der Waals surface area contributed by atoms with Crippen LogP contribution in [0.1, 0.15) is 52.4 Å². The second-order valence-corrected chi connectivity index (χ2v) is 7.64. The summed E-state index contributed by atoms with van der Waals surface area (Å²) in [5, 5.41) is 3.42. The van der Waals surface area contributed by atoms with Gasteiger partial charge in [0.05, 0.1) is 5.75 Å². The second kappa shape index (κ2) is 7.37. The summed E-state index contributed by atoms with van der Waals surface area (Å²) in [4.78, 5) is 0. The SMILES string of the molecule is CCC1CCCC(NCCS(=O)(=O)CC)CC1. The zero-order valence-electron chi connectivity index (χ0n) is 11.2. The van der Waals surface area contributed by atoms with E-state index in [1.807, 2.05) is 0 Å². The molecule has 102 valence electrons. The molecule has 1 fully saturated rings. The summed E-state index contributed by atoms with van der Waals surface area (Å²) in [7, 11) is -2.81. The Hall–Kier alpha value is -0.0900. The highest BCUT2D eigenvalue weighted by Crippen LogP contribution is 2.25. The second-order valence-electron chi connectivity index (χ2n) is 5.17. The lowest BCUT2D eigenvalue weighted by molar-refractivity contribution is 0.429. The molecular weight excluding hydrogens is 234 g/mol. The third kappa shape index (κ3) is 5.87. The molecule has 0 spiro atoms. The normalized spacial score (nSPS) is 26.7. The lowest BCUT2D eigenvalue weighted by Crippen LogP contribution is -2.33. The molecule has 1 saturated carbocycles. The van der Waals surface area contributed by atoms with Crippen molar-refractivity contribution >= 4 is 9.84 Å². The van der Waals surface area contributed by atoms with Gasteiger partial charge in [-0.05, 0) is 25.2 Å². The van der Waals surface area contributed by atoms with Gasteiger partial charge in [0.25, 0.3) is 0 Å². The lowest BCUT2D eigenvalue weighted by Gasteiger charge is -2.16. The van der Waals surface area contributed by atoms with Crippen molar-refractivity contribution < 1.29 is 8.42 Å². The molecule has 1 N–H and O–H groups in total. The summed E-state index contributed by atoms with van der Waals surface area (Å²) < 4.78 is 22.7. The number of sulfone groups is 1. The molecule has 0 radical (unpaired) electrons. The van der Waals surface area contributed by atoms with Crippen LogP contribution in [0.15, 0.2) is 0 Å². The van der Waals surface area contributed by atoms with Crippen molar-refractivity contribution in [1.82, 2.24) is 5.32 Å². The van der Waals surface area contributed by atoms with Crippen LogP contribution >= 0.6 is 0 Å². The van der Waals surface area contributed by atoms with Gasteiger partial charge < -0.3 is 5.32 Å². The van der Waals surface area contributed by atoms with E-state index in [1.54, 1.807) is 6.92 Å². The average Bonchev–Trinajstić information content (AvgIpc) is 2.54. The van der Waals surface area contributed by atoms with Gasteiger partial charge in [0.15, 0.2) is 9.84 Å². The quantitative estimate of drug-likeness (QED) is 0.747. The van der Waals surface area contributed by atoms with Gasteiger partial charge in [-0.3, -0.25) is 0 Å². The monoisotopic (exact) mass is 261 g/mol. The molecule has 0 aromatic rings. The van der Waals surface area contributed by atoms with Crippen LogP contribution in [0.25, 0.3) is 0 Å². The van der Waals surface area contributed by atoms with Crippen LogP contribution < -0.4 is 5.32 Å². The molecule has 1 aliphatic rings. The van der Waals surface area contributed by atoms with E-state index < -0.39 is 9.84 Å². The van der Waals surface area contributed by atoms with E-state index in [9.17, 15) is 8.42 Å². The van der Waals surface area contributed by atoms with E-state index in [4.69, 9.17) is 0 Å².